The van der Waals surface area contributed by atoms with Crippen LogP contribution in [-0.2, 0) is 0 Å². The van der Waals surface area contributed by atoms with Gasteiger partial charge in [-0.05, 0) is 13.8 Å². The fraction of sp³-hybridized carbons (Fsp3) is 0.600. The van der Waals surface area contributed by atoms with Crippen LogP contribution in [0.1, 0.15) is 21.6 Å². The minimum atomic E-state index is 0.119. The Bertz CT molecular complexity index is 363. The number of amides is 1. The van der Waals surface area contributed by atoms with Crippen molar-refractivity contribution in [2.75, 3.05) is 19.6 Å². The molecule has 1 aliphatic heterocycles. The summed E-state index contributed by atoms with van der Waals surface area (Å²) in [4.78, 5) is 18.8. The van der Waals surface area contributed by atoms with Gasteiger partial charge in [-0.1, -0.05) is 0 Å². The van der Waals surface area contributed by atoms with E-state index < -0.39 is 0 Å². The van der Waals surface area contributed by atoms with Crippen molar-refractivity contribution in [2.24, 2.45) is 0 Å². The Balaban J connectivity index is 2.07. The molecule has 0 aromatic carbocycles. The maximum atomic E-state index is 12.0. The van der Waals surface area contributed by atoms with Gasteiger partial charge in [0, 0.05) is 25.7 Å². The van der Waals surface area contributed by atoms with Crippen molar-refractivity contribution < 1.29 is 4.79 Å². The summed E-state index contributed by atoms with van der Waals surface area (Å²) in [5, 5.41) is 4.26. The zero-order valence-electron chi connectivity index (χ0n) is 8.99. The van der Waals surface area contributed by atoms with Gasteiger partial charge in [0.25, 0.3) is 5.91 Å². The number of carbonyl (C=O) groups is 1. The Hall–Kier alpha value is -0.940. The Morgan fingerprint density at radius 1 is 1.73 bits per heavy atom. The van der Waals surface area contributed by atoms with E-state index >= 15 is 0 Å². The van der Waals surface area contributed by atoms with Gasteiger partial charge in [0.15, 0.2) is 0 Å². The average Bonchev–Trinajstić information content (AvgIpc) is 2.64. The fourth-order valence-corrected chi connectivity index (χ4v) is 2.48. The molecule has 82 valence electrons. The van der Waals surface area contributed by atoms with Crippen molar-refractivity contribution in [2.45, 2.75) is 19.9 Å². The summed E-state index contributed by atoms with van der Waals surface area (Å²) in [7, 11) is 0. The summed E-state index contributed by atoms with van der Waals surface area (Å²) < 4.78 is 0. The zero-order valence-corrected chi connectivity index (χ0v) is 9.80. The highest BCUT2D eigenvalue weighted by Crippen LogP contribution is 2.15. The number of nitrogens with zero attached hydrogens (tertiary/aromatic N) is 2. The number of aryl methyl sites for hydroxylation is 1. The van der Waals surface area contributed by atoms with E-state index in [4.69, 9.17) is 0 Å². The molecule has 0 unspecified atom stereocenters. The molecule has 4 nitrogen and oxygen atoms in total. The van der Waals surface area contributed by atoms with Gasteiger partial charge in [0.05, 0.1) is 11.2 Å². The largest absolute Gasteiger partial charge is 0.335 e. The van der Waals surface area contributed by atoms with Gasteiger partial charge < -0.3 is 10.2 Å². The van der Waals surface area contributed by atoms with Crippen molar-refractivity contribution in [3.8, 4) is 0 Å². The monoisotopic (exact) mass is 225 g/mol. The van der Waals surface area contributed by atoms with Gasteiger partial charge in [-0.2, -0.15) is 0 Å². The lowest BCUT2D eigenvalue weighted by molar-refractivity contribution is 0.0714. The van der Waals surface area contributed by atoms with E-state index in [-0.39, 0.29) is 5.91 Å². The Kier molecular flexibility index (Phi) is 3.02. The van der Waals surface area contributed by atoms with Gasteiger partial charge in [-0.3, -0.25) is 4.79 Å². The third-order valence-corrected chi connectivity index (χ3v) is 3.39. The predicted octanol–water partition coefficient (Wildman–Crippen LogP) is 0.885. The molecule has 0 aliphatic carbocycles. The van der Waals surface area contributed by atoms with E-state index in [2.05, 4.69) is 17.2 Å². The van der Waals surface area contributed by atoms with Crippen LogP contribution in [0, 0.1) is 6.92 Å². The van der Waals surface area contributed by atoms with Gasteiger partial charge in [-0.25, -0.2) is 4.98 Å². The molecule has 1 saturated heterocycles. The van der Waals surface area contributed by atoms with Crippen LogP contribution in [0.2, 0.25) is 0 Å². The van der Waals surface area contributed by atoms with E-state index in [1.807, 2.05) is 11.8 Å². The van der Waals surface area contributed by atoms with Gasteiger partial charge >= 0.3 is 0 Å². The highest BCUT2D eigenvalue weighted by molar-refractivity contribution is 7.13. The number of aromatic nitrogens is 1. The predicted molar refractivity (Wildman–Crippen MR) is 60.2 cm³/mol. The maximum Gasteiger partial charge on any atom is 0.265 e. The van der Waals surface area contributed by atoms with Crippen LogP contribution in [0.3, 0.4) is 0 Å². The number of piperazine rings is 1. The number of hydrogen-bond acceptors (Lipinski definition) is 4. The molecule has 1 atom stereocenters. The Labute approximate surface area is 93.3 Å². The van der Waals surface area contributed by atoms with Gasteiger partial charge in [0.1, 0.15) is 4.88 Å². The number of hydrogen-bond donors (Lipinski definition) is 1. The lowest BCUT2D eigenvalue weighted by Gasteiger charge is -2.31. The van der Waals surface area contributed by atoms with Crippen LogP contribution < -0.4 is 5.32 Å². The van der Waals surface area contributed by atoms with Crippen molar-refractivity contribution in [1.29, 1.82) is 0 Å². The smallest absolute Gasteiger partial charge is 0.265 e. The number of rotatable bonds is 1. The fourth-order valence-electron chi connectivity index (χ4n) is 1.73. The van der Waals surface area contributed by atoms with Crippen LogP contribution in [0.4, 0.5) is 0 Å². The van der Waals surface area contributed by atoms with Crippen LogP contribution in [0.5, 0.6) is 0 Å². The molecule has 1 aromatic heterocycles. The van der Waals surface area contributed by atoms with Gasteiger partial charge in [0.2, 0.25) is 0 Å². The summed E-state index contributed by atoms with van der Waals surface area (Å²) in [5.74, 6) is 0.119. The molecule has 0 bridgehead atoms. The molecule has 2 rings (SSSR count). The summed E-state index contributed by atoms with van der Waals surface area (Å²) in [6, 6.07) is 0.386. The van der Waals surface area contributed by atoms with Crippen LogP contribution >= 0.6 is 11.3 Å². The second-order valence-corrected chi connectivity index (χ2v) is 5.08. The third-order valence-electron chi connectivity index (χ3n) is 2.49. The maximum absolute atomic E-state index is 12.0. The average molecular weight is 225 g/mol. The van der Waals surface area contributed by atoms with Crippen LogP contribution in [0.15, 0.2) is 6.20 Å². The molecule has 5 heteroatoms. The molecule has 0 spiro atoms. The standard InChI is InChI=1S/C10H15N3OS/c1-7-6-13(4-3-11-7)10(14)9-5-12-8(2)15-9/h5,7,11H,3-4,6H2,1-2H3/t7-/m0/s1. The Morgan fingerprint density at radius 2 is 2.53 bits per heavy atom. The van der Waals surface area contributed by atoms with E-state index in [0.717, 1.165) is 29.5 Å². The summed E-state index contributed by atoms with van der Waals surface area (Å²) in [6.45, 7) is 6.47. The SMILES string of the molecule is Cc1ncc(C(=O)N2CCN[C@@H](C)C2)s1. The molecular weight excluding hydrogens is 210 g/mol. The molecule has 1 amide bonds. The highest BCUT2D eigenvalue weighted by Gasteiger charge is 2.22. The normalized spacial score (nSPS) is 21.7. The number of thiazole rings is 1. The molecule has 0 saturated carbocycles. The van der Waals surface area contributed by atoms with Gasteiger partial charge in [-0.15, -0.1) is 11.3 Å². The summed E-state index contributed by atoms with van der Waals surface area (Å²) in [6.07, 6.45) is 1.68. The van der Waals surface area contributed by atoms with Crippen molar-refractivity contribution in [3.05, 3.63) is 16.1 Å². The highest BCUT2D eigenvalue weighted by atomic mass is 32.1. The minimum Gasteiger partial charge on any atom is -0.335 e. The van der Waals surface area contributed by atoms with E-state index in [9.17, 15) is 4.79 Å². The zero-order chi connectivity index (χ0) is 10.8. The molecule has 15 heavy (non-hydrogen) atoms. The first-order valence-electron chi connectivity index (χ1n) is 5.12. The third kappa shape index (κ3) is 2.35. The lowest BCUT2D eigenvalue weighted by Crippen LogP contribution is -2.51. The van der Waals surface area contributed by atoms with Crippen LogP contribution in [-0.4, -0.2) is 41.5 Å². The first-order valence-corrected chi connectivity index (χ1v) is 5.93. The molecular formula is C10H15N3OS. The van der Waals surface area contributed by atoms with E-state index in [0.29, 0.717) is 6.04 Å². The van der Waals surface area contributed by atoms with E-state index in [1.165, 1.54) is 11.3 Å². The molecule has 0 radical (unpaired) electrons. The molecule has 2 heterocycles. The second-order valence-electron chi connectivity index (χ2n) is 3.85. The van der Waals surface area contributed by atoms with Crippen molar-refractivity contribution >= 4 is 17.2 Å². The van der Waals surface area contributed by atoms with E-state index in [1.54, 1.807) is 6.20 Å². The minimum absolute atomic E-state index is 0.119. The topological polar surface area (TPSA) is 45.2 Å². The summed E-state index contributed by atoms with van der Waals surface area (Å²) >= 11 is 1.47. The first-order chi connectivity index (χ1) is 7.16. The molecule has 1 N–H and O–H groups in total. The first kappa shape index (κ1) is 10.6. The molecule has 1 aromatic rings. The summed E-state index contributed by atoms with van der Waals surface area (Å²) in [5.41, 5.74) is 0. The molecule has 1 aliphatic rings. The van der Waals surface area contributed by atoms with Crippen molar-refractivity contribution in [1.82, 2.24) is 15.2 Å². The number of carbonyl (C=O) groups excluding carboxylic acids is 1. The second kappa shape index (κ2) is 4.28. The number of nitrogens with one attached hydrogen (secondary N) is 1. The molecule has 1 fully saturated rings. The van der Waals surface area contributed by atoms with Crippen molar-refractivity contribution in [3.63, 3.8) is 0 Å². The quantitative estimate of drug-likeness (QED) is 0.772. The Morgan fingerprint density at radius 3 is 3.13 bits per heavy atom. The lowest BCUT2D eigenvalue weighted by atomic mass is 10.2. The van der Waals surface area contributed by atoms with Crippen LogP contribution in [0.25, 0.3) is 0 Å².